The van der Waals surface area contributed by atoms with Crippen LogP contribution in [0.3, 0.4) is 0 Å². The fraction of sp³-hybridized carbons (Fsp3) is 0.333. The van der Waals surface area contributed by atoms with Crippen molar-refractivity contribution in [2.24, 2.45) is 12.0 Å². The number of aliphatic imine (C=N–C) groups is 1. The molecule has 6 heteroatoms. The number of nitrogens with one attached hydrogen (secondary N) is 1. The van der Waals surface area contributed by atoms with Crippen LogP contribution in [0.1, 0.15) is 22.6 Å². The molecule has 3 rings (SSSR count). The molecule has 0 saturated carbocycles. The van der Waals surface area contributed by atoms with Crippen LogP contribution in [0.4, 0.5) is 0 Å². The minimum absolute atomic E-state index is 0.737. The highest BCUT2D eigenvalue weighted by atomic mass is 15.3. The summed E-state index contributed by atoms with van der Waals surface area (Å²) in [6.07, 6.45) is 5.92. The zero-order valence-electron chi connectivity index (χ0n) is 16.6. The first-order valence-corrected chi connectivity index (χ1v) is 9.14. The van der Waals surface area contributed by atoms with Crippen molar-refractivity contribution in [3.05, 3.63) is 77.6 Å². The van der Waals surface area contributed by atoms with Crippen LogP contribution in [-0.2, 0) is 26.7 Å². The van der Waals surface area contributed by atoms with Crippen LogP contribution in [0.5, 0.6) is 0 Å². The Morgan fingerprint density at radius 2 is 2.00 bits per heavy atom. The van der Waals surface area contributed by atoms with Crippen LogP contribution in [0.25, 0.3) is 0 Å². The molecule has 0 atom stereocenters. The van der Waals surface area contributed by atoms with Crippen molar-refractivity contribution < 1.29 is 0 Å². The summed E-state index contributed by atoms with van der Waals surface area (Å²) in [7, 11) is 5.94. The summed E-state index contributed by atoms with van der Waals surface area (Å²) in [6, 6.07) is 12.8. The Bertz CT molecular complexity index is 905. The summed E-state index contributed by atoms with van der Waals surface area (Å²) in [5, 5.41) is 3.46. The molecule has 0 amide bonds. The highest BCUT2D eigenvalue weighted by Gasteiger charge is 2.08. The zero-order valence-corrected chi connectivity index (χ0v) is 16.6. The average Bonchev–Trinajstić information content (AvgIpc) is 3.24. The van der Waals surface area contributed by atoms with Gasteiger partial charge in [0.1, 0.15) is 5.82 Å². The first-order valence-electron chi connectivity index (χ1n) is 9.14. The van der Waals surface area contributed by atoms with Crippen LogP contribution in [0.2, 0.25) is 0 Å². The highest BCUT2D eigenvalue weighted by molar-refractivity contribution is 5.79. The van der Waals surface area contributed by atoms with Gasteiger partial charge in [-0.05, 0) is 30.2 Å². The Morgan fingerprint density at radius 1 is 1.19 bits per heavy atom. The Morgan fingerprint density at radius 3 is 2.67 bits per heavy atom. The maximum Gasteiger partial charge on any atom is 0.194 e. The van der Waals surface area contributed by atoms with Crippen LogP contribution in [-0.4, -0.2) is 39.1 Å². The third kappa shape index (κ3) is 4.78. The molecule has 0 fully saturated rings. The fourth-order valence-electron chi connectivity index (χ4n) is 3.15. The second-order valence-electron chi connectivity index (χ2n) is 6.79. The standard InChI is InChI=1S/C21H28N6/c1-17-23-10-12-27(17)15-19-8-5-7-18(13-19)14-24-21(22-2)26(4)16-20-9-6-11-25(20)3/h5-13H,14-16H2,1-4H3,(H,22,24). The van der Waals surface area contributed by atoms with Gasteiger partial charge in [0.15, 0.2) is 5.96 Å². The molecule has 0 aliphatic rings. The summed E-state index contributed by atoms with van der Waals surface area (Å²) in [6.45, 7) is 4.41. The molecule has 0 radical (unpaired) electrons. The molecule has 2 aromatic heterocycles. The number of imidazole rings is 1. The van der Waals surface area contributed by atoms with Crippen molar-refractivity contribution in [1.29, 1.82) is 0 Å². The molecule has 0 unspecified atom stereocenters. The second-order valence-corrected chi connectivity index (χ2v) is 6.79. The van der Waals surface area contributed by atoms with Crippen LogP contribution >= 0.6 is 0 Å². The quantitative estimate of drug-likeness (QED) is 0.540. The molecule has 0 bridgehead atoms. The third-order valence-electron chi connectivity index (χ3n) is 4.74. The molecule has 1 aromatic carbocycles. The minimum Gasteiger partial charge on any atom is -0.353 e. The minimum atomic E-state index is 0.737. The highest BCUT2D eigenvalue weighted by Crippen LogP contribution is 2.09. The normalized spacial score (nSPS) is 11.6. The number of hydrogen-bond donors (Lipinski definition) is 1. The van der Waals surface area contributed by atoms with Crippen molar-refractivity contribution in [2.45, 2.75) is 26.6 Å². The number of rotatable bonds is 6. The van der Waals surface area contributed by atoms with E-state index in [1.807, 2.05) is 26.4 Å². The van der Waals surface area contributed by atoms with Gasteiger partial charge in [0.2, 0.25) is 0 Å². The van der Waals surface area contributed by atoms with Gasteiger partial charge in [-0.2, -0.15) is 0 Å². The van der Waals surface area contributed by atoms with E-state index < -0.39 is 0 Å². The van der Waals surface area contributed by atoms with Crippen molar-refractivity contribution in [1.82, 2.24) is 24.3 Å². The molecule has 2 heterocycles. The van der Waals surface area contributed by atoms with Gasteiger partial charge in [-0.3, -0.25) is 4.99 Å². The zero-order chi connectivity index (χ0) is 19.2. The SMILES string of the molecule is CN=C(NCc1cccc(Cn2ccnc2C)c1)N(C)Cc1cccn1C. The summed E-state index contributed by atoms with van der Waals surface area (Å²) in [5.74, 6) is 1.91. The van der Waals surface area contributed by atoms with E-state index in [1.165, 1.54) is 16.8 Å². The summed E-state index contributed by atoms with van der Waals surface area (Å²) >= 11 is 0. The van der Waals surface area contributed by atoms with Crippen molar-refractivity contribution >= 4 is 5.96 Å². The Labute approximate surface area is 161 Å². The number of nitrogens with zero attached hydrogens (tertiary/aromatic N) is 5. The van der Waals surface area contributed by atoms with Crippen molar-refractivity contribution in [3.8, 4) is 0 Å². The summed E-state index contributed by atoms with van der Waals surface area (Å²) in [4.78, 5) is 10.8. The molecule has 27 heavy (non-hydrogen) atoms. The van der Waals surface area contributed by atoms with E-state index >= 15 is 0 Å². The number of aromatic nitrogens is 3. The average molecular weight is 364 g/mol. The summed E-state index contributed by atoms with van der Waals surface area (Å²) in [5.41, 5.74) is 3.75. The maximum atomic E-state index is 4.42. The molecule has 1 N–H and O–H groups in total. The predicted octanol–water partition coefficient (Wildman–Crippen LogP) is 2.79. The number of hydrogen-bond acceptors (Lipinski definition) is 2. The van der Waals surface area contributed by atoms with Gasteiger partial charge in [0, 0.05) is 58.5 Å². The van der Waals surface area contributed by atoms with Crippen molar-refractivity contribution in [3.63, 3.8) is 0 Å². The van der Waals surface area contributed by atoms with E-state index in [-0.39, 0.29) is 0 Å². The number of guanidine groups is 1. The smallest absolute Gasteiger partial charge is 0.194 e. The summed E-state index contributed by atoms with van der Waals surface area (Å²) < 4.78 is 4.28. The van der Waals surface area contributed by atoms with E-state index in [4.69, 9.17) is 0 Å². The number of aryl methyl sites for hydroxylation is 2. The molecule has 0 spiro atoms. The Hall–Kier alpha value is -3.02. The van der Waals surface area contributed by atoms with E-state index in [2.05, 4.69) is 86.0 Å². The fourth-order valence-corrected chi connectivity index (χ4v) is 3.15. The monoisotopic (exact) mass is 364 g/mol. The topological polar surface area (TPSA) is 50.4 Å². The van der Waals surface area contributed by atoms with Gasteiger partial charge in [0.25, 0.3) is 0 Å². The van der Waals surface area contributed by atoms with E-state index in [0.29, 0.717) is 0 Å². The molecular weight excluding hydrogens is 336 g/mol. The molecule has 0 aliphatic heterocycles. The second kappa shape index (κ2) is 8.58. The van der Waals surface area contributed by atoms with Gasteiger partial charge in [0.05, 0.1) is 6.54 Å². The lowest BCUT2D eigenvalue weighted by Crippen LogP contribution is -2.38. The van der Waals surface area contributed by atoms with Crippen LogP contribution < -0.4 is 5.32 Å². The lowest BCUT2D eigenvalue weighted by atomic mass is 10.1. The largest absolute Gasteiger partial charge is 0.353 e. The maximum absolute atomic E-state index is 4.42. The van der Waals surface area contributed by atoms with Gasteiger partial charge in [-0.15, -0.1) is 0 Å². The molecular formula is C21H28N6. The van der Waals surface area contributed by atoms with Gasteiger partial charge in [-0.1, -0.05) is 24.3 Å². The molecule has 0 aliphatic carbocycles. The van der Waals surface area contributed by atoms with Gasteiger partial charge < -0.3 is 19.4 Å². The van der Waals surface area contributed by atoms with Gasteiger partial charge in [-0.25, -0.2) is 4.98 Å². The third-order valence-corrected chi connectivity index (χ3v) is 4.74. The lowest BCUT2D eigenvalue weighted by molar-refractivity contribution is 0.461. The van der Waals surface area contributed by atoms with E-state index in [1.54, 1.807) is 0 Å². The molecule has 142 valence electrons. The predicted molar refractivity (Wildman–Crippen MR) is 110 cm³/mol. The molecule has 0 saturated heterocycles. The van der Waals surface area contributed by atoms with E-state index in [9.17, 15) is 0 Å². The Kier molecular flexibility index (Phi) is 5.96. The van der Waals surface area contributed by atoms with Crippen LogP contribution in [0, 0.1) is 6.92 Å². The van der Waals surface area contributed by atoms with Crippen LogP contribution in [0.15, 0.2) is 60.0 Å². The Balaban J connectivity index is 1.60. The number of benzene rings is 1. The van der Waals surface area contributed by atoms with Gasteiger partial charge >= 0.3 is 0 Å². The first-order chi connectivity index (χ1) is 13.1. The lowest BCUT2D eigenvalue weighted by Gasteiger charge is -2.22. The first kappa shape index (κ1) is 18.8. The molecule has 6 nitrogen and oxygen atoms in total. The van der Waals surface area contributed by atoms with E-state index in [0.717, 1.165) is 31.4 Å². The van der Waals surface area contributed by atoms with Crippen molar-refractivity contribution in [2.75, 3.05) is 14.1 Å². The molecule has 3 aromatic rings.